The number of hydrogen-bond donors (Lipinski definition) is 2. The Balaban J connectivity index is 2.70. The van der Waals surface area contributed by atoms with E-state index in [1.54, 1.807) is 13.8 Å². The van der Waals surface area contributed by atoms with Crippen LogP contribution in [0.4, 0.5) is 19.0 Å². The first-order valence-electron chi connectivity index (χ1n) is 7.64. The average Bonchev–Trinajstić information content (AvgIpc) is 2.95. The summed E-state index contributed by atoms with van der Waals surface area (Å²) in [6.45, 7) is 6.04. The van der Waals surface area contributed by atoms with Gasteiger partial charge >= 0.3 is 6.18 Å². The van der Waals surface area contributed by atoms with Gasteiger partial charge in [-0.25, -0.2) is 0 Å². The normalized spacial score (nSPS) is 14.4. The van der Waals surface area contributed by atoms with Gasteiger partial charge in [-0.05, 0) is 20.3 Å². The maximum Gasteiger partial charge on any atom is 0.389 e. The summed E-state index contributed by atoms with van der Waals surface area (Å²) in [4.78, 5) is 12.3. The zero-order valence-electron chi connectivity index (χ0n) is 14.6. The molecule has 1 atom stereocenters. The van der Waals surface area contributed by atoms with Crippen LogP contribution in [0.25, 0.3) is 0 Å². The number of halogens is 3. The minimum Gasteiger partial charge on any atom is -0.395 e. The van der Waals surface area contributed by atoms with Gasteiger partial charge in [-0.1, -0.05) is 19.0 Å². The maximum absolute atomic E-state index is 12.3. The van der Waals surface area contributed by atoms with E-state index in [1.165, 1.54) is 19.9 Å². The fraction of sp³-hybridized carbons (Fsp3) is 0.733. The number of rotatable bonds is 8. The Morgan fingerprint density at radius 2 is 1.92 bits per heavy atom. The molecule has 0 spiro atoms. The van der Waals surface area contributed by atoms with Gasteiger partial charge in [-0.15, -0.1) is 0 Å². The molecule has 1 rings (SSSR count). The molecule has 25 heavy (non-hydrogen) atoms. The number of alkyl halides is 3. The highest BCUT2D eigenvalue weighted by Crippen LogP contribution is 2.26. The summed E-state index contributed by atoms with van der Waals surface area (Å²) in [7, 11) is -1.79. The molecule has 0 saturated heterocycles. The van der Waals surface area contributed by atoms with Gasteiger partial charge in [0.25, 0.3) is 0 Å². The van der Waals surface area contributed by atoms with E-state index in [-0.39, 0.29) is 24.6 Å². The predicted molar refractivity (Wildman–Crippen MR) is 87.6 cm³/mol. The molecule has 0 fully saturated rings. The summed E-state index contributed by atoms with van der Waals surface area (Å²) < 4.78 is 52.4. The second kappa shape index (κ2) is 7.86. The predicted octanol–water partition coefficient (Wildman–Crippen LogP) is 2.75. The van der Waals surface area contributed by atoms with Crippen molar-refractivity contribution in [2.75, 3.05) is 17.7 Å². The molecule has 0 saturated carbocycles. The smallest absolute Gasteiger partial charge is 0.389 e. The highest BCUT2D eigenvalue weighted by molar-refractivity contribution is 7.87. The van der Waals surface area contributed by atoms with Crippen molar-refractivity contribution in [3.05, 3.63) is 11.8 Å². The van der Waals surface area contributed by atoms with Gasteiger partial charge < -0.3 is 14.9 Å². The van der Waals surface area contributed by atoms with Crippen molar-refractivity contribution in [2.24, 2.45) is 0 Å². The van der Waals surface area contributed by atoms with Crippen molar-refractivity contribution >= 4 is 22.5 Å². The van der Waals surface area contributed by atoms with E-state index in [1.807, 2.05) is 0 Å². The molecule has 1 aromatic rings. The van der Waals surface area contributed by atoms with Crippen molar-refractivity contribution in [1.29, 1.82) is 0 Å². The van der Waals surface area contributed by atoms with E-state index in [0.29, 0.717) is 5.76 Å². The molecule has 0 aliphatic rings. The molecule has 6 nitrogen and oxygen atoms in total. The molecule has 10 heteroatoms. The van der Waals surface area contributed by atoms with Crippen LogP contribution >= 0.6 is 0 Å². The molecule has 2 N–H and O–H groups in total. The van der Waals surface area contributed by atoms with Gasteiger partial charge in [0, 0.05) is 34.5 Å². The number of nitrogens with one attached hydrogen (secondary N) is 1. The van der Waals surface area contributed by atoms with Gasteiger partial charge in [-0.3, -0.25) is 9.00 Å². The zero-order valence-corrected chi connectivity index (χ0v) is 15.4. The Labute approximate surface area is 146 Å². The Morgan fingerprint density at radius 1 is 1.32 bits per heavy atom. The van der Waals surface area contributed by atoms with Crippen molar-refractivity contribution in [2.45, 2.75) is 56.9 Å². The lowest BCUT2D eigenvalue weighted by atomic mass is 9.92. The quantitative estimate of drug-likeness (QED) is 0.719. The van der Waals surface area contributed by atoms with Gasteiger partial charge in [0.2, 0.25) is 5.91 Å². The molecule has 1 heterocycles. The number of carbonyl (C=O) groups is 1. The molecule has 1 unspecified atom stereocenters. The van der Waals surface area contributed by atoms with E-state index >= 15 is 0 Å². The number of amides is 1. The highest BCUT2D eigenvalue weighted by atomic mass is 32.2. The van der Waals surface area contributed by atoms with Gasteiger partial charge in [0.05, 0.1) is 6.61 Å². The van der Waals surface area contributed by atoms with Crippen LogP contribution in [0, 0.1) is 0 Å². The van der Waals surface area contributed by atoms with Crippen LogP contribution in [0.5, 0.6) is 0 Å². The lowest BCUT2D eigenvalue weighted by Crippen LogP contribution is -2.42. The average molecular weight is 384 g/mol. The second-order valence-corrected chi connectivity index (χ2v) is 8.97. The number of aromatic nitrogens is 1. The fourth-order valence-corrected chi connectivity index (χ4v) is 2.93. The van der Waals surface area contributed by atoms with E-state index in [0.717, 1.165) is 0 Å². The first kappa shape index (κ1) is 21.6. The van der Waals surface area contributed by atoms with E-state index < -0.39 is 39.5 Å². The monoisotopic (exact) mass is 384 g/mol. The van der Waals surface area contributed by atoms with Crippen LogP contribution in [0.3, 0.4) is 0 Å². The molecule has 0 aliphatic heterocycles. The number of anilines is 1. The molecule has 1 amide bonds. The van der Waals surface area contributed by atoms with Crippen molar-refractivity contribution in [3.8, 4) is 0 Å². The van der Waals surface area contributed by atoms with E-state index in [9.17, 15) is 27.3 Å². The molecule has 0 aliphatic carbocycles. The van der Waals surface area contributed by atoms with Gasteiger partial charge in [0.15, 0.2) is 5.82 Å². The third kappa shape index (κ3) is 6.10. The number of nitrogens with zero attached hydrogens (tertiary/aromatic N) is 1. The third-order valence-electron chi connectivity index (χ3n) is 3.72. The highest BCUT2D eigenvalue weighted by Gasteiger charge is 2.36. The van der Waals surface area contributed by atoms with Crippen LogP contribution in [0.15, 0.2) is 10.6 Å². The number of aliphatic hydroxyl groups is 1. The standard InChI is InChI=1S/C15H23F3N2O4S/c1-13(2,9-21)10-8-11(20-24-10)19-12(22)14(3,4)25(23)7-5-6-15(16,17)18/h8,21H,5-7,9H2,1-4H3,(H,19,20,22). The third-order valence-corrected chi connectivity index (χ3v) is 5.70. The van der Waals surface area contributed by atoms with E-state index in [4.69, 9.17) is 4.52 Å². The first-order valence-corrected chi connectivity index (χ1v) is 8.96. The van der Waals surface area contributed by atoms with Gasteiger partial charge in [0.1, 0.15) is 10.5 Å². The van der Waals surface area contributed by atoms with Crippen molar-refractivity contribution < 1.29 is 31.8 Å². The van der Waals surface area contributed by atoms with Crippen LogP contribution in [-0.2, 0) is 21.0 Å². The molecule has 0 bridgehead atoms. The molecular formula is C15H23F3N2O4S. The largest absolute Gasteiger partial charge is 0.395 e. The topological polar surface area (TPSA) is 92.4 Å². The Kier molecular flexibility index (Phi) is 6.80. The number of aliphatic hydroxyl groups excluding tert-OH is 1. The first-order chi connectivity index (χ1) is 11.3. The summed E-state index contributed by atoms with van der Waals surface area (Å²) in [5.41, 5.74) is -0.689. The van der Waals surface area contributed by atoms with Crippen LogP contribution < -0.4 is 5.32 Å². The summed E-state index contributed by atoms with van der Waals surface area (Å²) in [6, 6.07) is 1.44. The Bertz CT molecular complexity index is 627. The van der Waals surface area contributed by atoms with Gasteiger partial charge in [-0.2, -0.15) is 13.2 Å². The molecular weight excluding hydrogens is 361 g/mol. The fourth-order valence-electron chi connectivity index (χ4n) is 1.76. The summed E-state index contributed by atoms with van der Waals surface area (Å²) >= 11 is 0. The second-order valence-electron chi connectivity index (χ2n) is 6.85. The van der Waals surface area contributed by atoms with Crippen LogP contribution in [0.1, 0.15) is 46.3 Å². The lowest BCUT2D eigenvalue weighted by molar-refractivity contribution is -0.134. The molecule has 144 valence electrons. The zero-order chi connectivity index (χ0) is 19.5. The van der Waals surface area contributed by atoms with Crippen molar-refractivity contribution in [1.82, 2.24) is 5.16 Å². The van der Waals surface area contributed by atoms with Crippen LogP contribution in [-0.4, -0.2) is 43.7 Å². The number of hydrogen-bond acceptors (Lipinski definition) is 5. The maximum atomic E-state index is 12.3. The number of carbonyl (C=O) groups excluding carboxylic acids is 1. The van der Waals surface area contributed by atoms with Crippen molar-refractivity contribution in [3.63, 3.8) is 0 Å². The minimum atomic E-state index is -4.31. The molecule has 0 aromatic carbocycles. The van der Waals surface area contributed by atoms with E-state index in [2.05, 4.69) is 10.5 Å². The Morgan fingerprint density at radius 3 is 2.44 bits per heavy atom. The molecule has 0 radical (unpaired) electrons. The SMILES string of the molecule is CC(C)(CO)c1cc(NC(=O)C(C)(C)S(=O)CCCC(F)(F)F)no1. The lowest BCUT2D eigenvalue weighted by Gasteiger charge is -2.22. The summed E-state index contributed by atoms with van der Waals surface area (Å²) in [5, 5.41) is 15.4. The summed E-state index contributed by atoms with van der Waals surface area (Å²) in [5.74, 6) is -0.433. The molecule has 1 aromatic heterocycles. The Hall–Kier alpha value is -1.42. The van der Waals surface area contributed by atoms with Crippen LogP contribution in [0.2, 0.25) is 0 Å². The minimum absolute atomic E-state index is 0.0851. The summed E-state index contributed by atoms with van der Waals surface area (Å²) in [6.07, 6.45) is -5.67.